The molecule has 8 atom stereocenters. The quantitative estimate of drug-likeness (QED) is 0.628. The first-order chi connectivity index (χ1) is 14.1. The fourth-order valence-electron chi connectivity index (χ4n) is 7.98. The molecule has 0 aromatic heterocycles. The van der Waals surface area contributed by atoms with Crippen molar-refractivity contribution in [3.8, 4) is 0 Å². The van der Waals surface area contributed by atoms with E-state index in [9.17, 15) is 14.4 Å². The first-order valence-electron chi connectivity index (χ1n) is 11.6. The molecule has 3 saturated carbocycles. The molecular weight excluding hydrogens is 380 g/mol. The Morgan fingerprint density at radius 3 is 2.27 bits per heavy atom. The minimum atomic E-state index is -0.378. The number of carbonyl (C=O) groups is 3. The minimum absolute atomic E-state index is 0.0349. The number of ketones is 1. The van der Waals surface area contributed by atoms with E-state index < -0.39 is 0 Å². The number of hydrogen-bond acceptors (Lipinski definition) is 5. The zero-order chi connectivity index (χ0) is 21.8. The van der Waals surface area contributed by atoms with Gasteiger partial charge in [0.05, 0.1) is 0 Å². The Kier molecular flexibility index (Phi) is 5.39. The van der Waals surface area contributed by atoms with Gasteiger partial charge in [-0.15, -0.1) is 0 Å². The number of fused-ring (bicyclic) bond motifs is 5. The van der Waals surface area contributed by atoms with Gasteiger partial charge in [-0.1, -0.05) is 19.9 Å². The maximum absolute atomic E-state index is 12.5. The van der Waals surface area contributed by atoms with Crippen molar-refractivity contribution in [3.63, 3.8) is 0 Å². The summed E-state index contributed by atoms with van der Waals surface area (Å²) < 4.78 is 11.5. The van der Waals surface area contributed by atoms with Crippen molar-refractivity contribution in [2.24, 2.45) is 34.5 Å². The predicted molar refractivity (Wildman–Crippen MR) is 112 cm³/mol. The van der Waals surface area contributed by atoms with Crippen molar-refractivity contribution in [1.29, 1.82) is 0 Å². The van der Waals surface area contributed by atoms with Crippen molar-refractivity contribution in [2.45, 2.75) is 91.8 Å². The number of ether oxygens (including phenoxy) is 2. The number of Topliss-reactive ketones (excluding diaryl/α,β-unsaturated/α-hetero) is 1. The van der Waals surface area contributed by atoms with Gasteiger partial charge in [0.2, 0.25) is 0 Å². The molecule has 0 radical (unpaired) electrons. The molecule has 0 heterocycles. The van der Waals surface area contributed by atoms with E-state index in [-0.39, 0.29) is 40.8 Å². The summed E-state index contributed by atoms with van der Waals surface area (Å²) in [5, 5.41) is 0. The first kappa shape index (κ1) is 21.6. The Balaban J connectivity index is 1.64. The lowest BCUT2D eigenvalue weighted by Crippen LogP contribution is -2.59. The molecule has 0 N–H and O–H groups in total. The van der Waals surface area contributed by atoms with Crippen LogP contribution in [-0.2, 0) is 23.9 Å². The smallest absolute Gasteiger partial charge is 0.302 e. The van der Waals surface area contributed by atoms with Crippen LogP contribution >= 0.6 is 0 Å². The van der Waals surface area contributed by atoms with Crippen LogP contribution in [0.2, 0.25) is 0 Å². The second-order valence-electron chi connectivity index (χ2n) is 10.7. The van der Waals surface area contributed by atoms with Gasteiger partial charge < -0.3 is 9.47 Å². The Bertz CT molecular complexity index is 784. The highest BCUT2D eigenvalue weighted by Gasteiger charge is 2.63. The molecule has 0 aromatic carbocycles. The second-order valence-corrected chi connectivity index (χ2v) is 10.7. The van der Waals surface area contributed by atoms with Crippen LogP contribution < -0.4 is 0 Å². The van der Waals surface area contributed by atoms with Crippen molar-refractivity contribution in [2.75, 3.05) is 0 Å². The molecule has 0 unspecified atom stereocenters. The predicted octanol–water partition coefficient (Wildman–Crippen LogP) is 4.63. The van der Waals surface area contributed by atoms with Gasteiger partial charge in [-0.05, 0) is 81.0 Å². The zero-order valence-electron chi connectivity index (χ0n) is 19.0. The number of hydrogen-bond donors (Lipinski definition) is 0. The fourth-order valence-corrected chi connectivity index (χ4v) is 7.98. The number of carbonyl (C=O) groups excluding carboxylic acids is 3. The average molecular weight is 417 g/mol. The lowest BCUT2D eigenvalue weighted by Gasteiger charge is -2.62. The van der Waals surface area contributed by atoms with Crippen LogP contribution in [0.25, 0.3) is 0 Å². The maximum Gasteiger partial charge on any atom is 0.302 e. The molecule has 5 heteroatoms. The van der Waals surface area contributed by atoms with Gasteiger partial charge in [0.25, 0.3) is 0 Å². The molecule has 30 heavy (non-hydrogen) atoms. The molecule has 0 saturated heterocycles. The lowest BCUT2D eigenvalue weighted by atomic mass is 9.44. The summed E-state index contributed by atoms with van der Waals surface area (Å²) in [5.74, 6) is 1.55. The number of allylic oxidation sites excluding steroid dienone is 1. The van der Waals surface area contributed by atoms with Crippen LogP contribution in [0.5, 0.6) is 0 Å². The molecule has 0 aliphatic heterocycles. The highest BCUT2D eigenvalue weighted by molar-refractivity contribution is 5.95. The summed E-state index contributed by atoms with van der Waals surface area (Å²) in [6, 6.07) is 0. The highest BCUT2D eigenvalue weighted by atomic mass is 16.5. The van der Waals surface area contributed by atoms with E-state index >= 15 is 0 Å². The topological polar surface area (TPSA) is 69.7 Å². The van der Waals surface area contributed by atoms with E-state index in [2.05, 4.69) is 19.9 Å². The van der Waals surface area contributed by atoms with Gasteiger partial charge in [0.15, 0.2) is 5.78 Å². The molecule has 4 rings (SSSR count). The highest BCUT2D eigenvalue weighted by Crippen LogP contribution is 2.67. The molecule has 4 aliphatic carbocycles. The van der Waals surface area contributed by atoms with Crippen LogP contribution in [0.15, 0.2) is 11.6 Å². The van der Waals surface area contributed by atoms with Crippen molar-refractivity contribution < 1.29 is 23.9 Å². The van der Waals surface area contributed by atoms with E-state index in [0.717, 1.165) is 50.5 Å². The third-order valence-corrected chi connectivity index (χ3v) is 9.30. The maximum atomic E-state index is 12.5. The monoisotopic (exact) mass is 416 g/mol. The largest absolute Gasteiger partial charge is 0.463 e. The van der Waals surface area contributed by atoms with Crippen molar-refractivity contribution in [3.05, 3.63) is 11.6 Å². The average Bonchev–Trinajstić information content (AvgIpc) is 3.01. The number of esters is 2. The summed E-state index contributed by atoms with van der Waals surface area (Å²) in [5.41, 5.74) is 0.651. The Morgan fingerprint density at radius 2 is 1.63 bits per heavy atom. The molecule has 5 nitrogen and oxygen atoms in total. The summed E-state index contributed by atoms with van der Waals surface area (Å²) in [7, 11) is 0. The van der Waals surface area contributed by atoms with Crippen LogP contribution in [0.3, 0.4) is 0 Å². The van der Waals surface area contributed by atoms with Crippen LogP contribution in [0.1, 0.15) is 79.6 Å². The van der Waals surface area contributed by atoms with E-state index in [0.29, 0.717) is 23.7 Å². The van der Waals surface area contributed by atoms with Crippen molar-refractivity contribution in [1.82, 2.24) is 0 Å². The second kappa shape index (κ2) is 7.49. The third kappa shape index (κ3) is 3.23. The molecule has 4 aliphatic rings. The molecule has 0 spiro atoms. The van der Waals surface area contributed by atoms with Gasteiger partial charge in [0.1, 0.15) is 12.2 Å². The van der Waals surface area contributed by atoms with E-state index in [1.807, 2.05) is 0 Å². The Labute approximate surface area is 179 Å². The van der Waals surface area contributed by atoms with E-state index in [1.165, 1.54) is 13.8 Å². The summed E-state index contributed by atoms with van der Waals surface area (Å²) >= 11 is 0. The van der Waals surface area contributed by atoms with Crippen LogP contribution in [-0.4, -0.2) is 29.9 Å². The molecule has 0 amide bonds. The summed E-state index contributed by atoms with van der Waals surface area (Å²) in [4.78, 5) is 35.9. The first-order valence-corrected chi connectivity index (χ1v) is 11.6. The van der Waals surface area contributed by atoms with Gasteiger partial charge in [-0.2, -0.15) is 0 Å². The molecule has 3 fully saturated rings. The molecule has 0 bridgehead atoms. The standard InChI is InChI=1S/C25H36O5/c1-14(26)20-8-9-21-19-7-6-17-12-18(29-15(2)27)10-11-24(17,4)22(19)13-23(25(20,21)5)30-16(3)28/h8,17-19,21-23H,6-7,9-13H2,1-5H3/t17-,18-,19-,21-,22-,23+,24-,25+/m0/s1. The minimum Gasteiger partial charge on any atom is -0.463 e. The van der Waals surface area contributed by atoms with Crippen LogP contribution in [0, 0.1) is 34.5 Å². The van der Waals surface area contributed by atoms with Crippen LogP contribution in [0.4, 0.5) is 0 Å². The lowest BCUT2D eigenvalue weighted by molar-refractivity contribution is -0.185. The number of rotatable bonds is 3. The van der Waals surface area contributed by atoms with Gasteiger partial charge >= 0.3 is 11.9 Å². The van der Waals surface area contributed by atoms with Gasteiger partial charge in [-0.3, -0.25) is 14.4 Å². The van der Waals surface area contributed by atoms with Crippen molar-refractivity contribution >= 4 is 17.7 Å². The Morgan fingerprint density at radius 1 is 0.933 bits per heavy atom. The fraction of sp³-hybridized carbons (Fsp3) is 0.800. The Hall–Kier alpha value is -1.65. The molecular formula is C25H36O5. The van der Waals surface area contributed by atoms with E-state index in [1.54, 1.807) is 6.92 Å². The molecule has 166 valence electrons. The van der Waals surface area contributed by atoms with Gasteiger partial charge in [0, 0.05) is 24.8 Å². The normalized spacial score (nSPS) is 44.8. The summed E-state index contributed by atoms with van der Waals surface area (Å²) in [6.07, 6.45) is 8.82. The zero-order valence-corrected chi connectivity index (χ0v) is 19.0. The SMILES string of the molecule is CC(=O)O[C@H]1CC[C@@]2(C)[C@@H](CC[C@@H]3[C@@H]2C[C@@H](OC(C)=O)[C@]2(C)C(C(C)=O)=CC[C@@H]32)C1. The third-order valence-electron chi connectivity index (χ3n) is 9.30. The molecule has 0 aromatic rings. The van der Waals surface area contributed by atoms with Gasteiger partial charge in [-0.25, -0.2) is 0 Å². The van der Waals surface area contributed by atoms with E-state index in [4.69, 9.17) is 9.47 Å². The summed E-state index contributed by atoms with van der Waals surface area (Å²) in [6.45, 7) is 9.20.